The molecule has 1 N–H and O–H groups in total. The van der Waals surface area contributed by atoms with Gasteiger partial charge in [-0.15, -0.1) is 0 Å². The standard InChI is InChI=1S/C22H22FNO6/c1-12-15-6-5-7-16(23)20(15)30-19(12)22(26)29-13(2)21(25)24-11-14-8-9-17(27-3)18(10-14)28-4/h5-10,13H,11H2,1-4H3,(H,24,25)/t13-/m1/s1. The van der Waals surface area contributed by atoms with Crippen LogP contribution in [-0.2, 0) is 16.1 Å². The van der Waals surface area contributed by atoms with E-state index in [9.17, 15) is 14.0 Å². The quantitative estimate of drug-likeness (QED) is 0.592. The summed E-state index contributed by atoms with van der Waals surface area (Å²) in [5.74, 6) is -0.913. The second-order valence-electron chi connectivity index (χ2n) is 6.63. The Morgan fingerprint density at radius 2 is 1.87 bits per heavy atom. The second-order valence-corrected chi connectivity index (χ2v) is 6.63. The number of halogens is 1. The zero-order chi connectivity index (χ0) is 21.8. The van der Waals surface area contributed by atoms with Crippen LogP contribution in [0.25, 0.3) is 11.0 Å². The van der Waals surface area contributed by atoms with E-state index in [0.29, 0.717) is 22.4 Å². The molecule has 0 aliphatic rings. The summed E-state index contributed by atoms with van der Waals surface area (Å²) < 4.78 is 34.8. The Hall–Kier alpha value is -3.55. The summed E-state index contributed by atoms with van der Waals surface area (Å²) in [5.41, 5.74) is 1.21. The van der Waals surface area contributed by atoms with E-state index in [1.807, 2.05) is 0 Å². The number of para-hydroxylation sites is 1. The zero-order valence-electron chi connectivity index (χ0n) is 17.1. The van der Waals surface area contributed by atoms with Gasteiger partial charge in [0.25, 0.3) is 5.91 Å². The van der Waals surface area contributed by atoms with Crippen LogP contribution in [0.2, 0.25) is 0 Å². The van der Waals surface area contributed by atoms with Crippen molar-refractivity contribution < 1.29 is 32.6 Å². The molecule has 0 aliphatic heterocycles. The average Bonchev–Trinajstić information content (AvgIpc) is 3.09. The first kappa shape index (κ1) is 21.2. The van der Waals surface area contributed by atoms with Crippen molar-refractivity contribution in [3.8, 4) is 11.5 Å². The van der Waals surface area contributed by atoms with Crippen LogP contribution in [0.5, 0.6) is 11.5 Å². The first-order chi connectivity index (χ1) is 14.3. The Balaban J connectivity index is 1.64. The van der Waals surface area contributed by atoms with Gasteiger partial charge < -0.3 is 23.9 Å². The van der Waals surface area contributed by atoms with Gasteiger partial charge in [-0.25, -0.2) is 9.18 Å². The molecule has 0 saturated heterocycles. The predicted molar refractivity (Wildman–Crippen MR) is 107 cm³/mol. The summed E-state index contributed by atoms with van der Waals surface area (Å²) >= 11 is 0. The maximum atomic E-state index is 13.9. The minimum absolute atomic E-state index is 0.0208. The monoisotopic (exact) mass is 415 g/mol. The van der Waals surface area contributed by atoms with Crippen molar-refractivity contribution in [1.29, 1.82) is 0 Å². The number of esters is 1. The first-order valence-electron chi connectivity index (χ1n) is 9.23. The second kappa shape index (κ2) is 8.86. The third-order valence-electron chi connectivity index (χ3n) is 4.67. The number of hydrogen-bond acceptors (Lipinski definition) is 6. The lowest BCUT2D eigenvalue weighted by Crippen LogP contribution is -2.35. The van der Waals surface area contributed by atoms with Gasteiger partial charge in [-0.1, -0.05) is 18.2 Å². The molecule has 1 amide bonds. The van der Waals surface area contributed by atoms with E-state index >= 15 is 0 Å². The third kappa shape index (κ3) is 4.22. The van der Waals surface area contributed by atoms with Crippen LogP contribution in [-0.4, -0.2) is 32.2 Å². The molecule has 7 nitrogen and oxygen atoms in total. The van der Waals surface area contributed by atoms with Crippen molar-refractivity contribution in [3.63, 3.8) is 0 Å². The van der Waals surface area contributed by atoms with E-state index in [0.717, 1.165) is 5.56 Å². The van der Waals surface area contributed by atoms with Crippen LogP contribution in [0.1, 0.15) is 28.6 Å². The number of ether oxygens (including phenoxy) is 3. The zero-order valence-corrected chi connectivity index (χ0v) is 17.1. The average molecular weight is 415 g/mol. The summed E-state index contributed by atoms with van der Waals surface area (Å²) in [6, 6.07) is 9.66. The van der Waals surface area contributed by atoms with Gasteiger partial charge in [-0.05, 0) is 37.6 Å². The summed E-state index contributed by atoms with van der Waals surface area (Å²) in [5, 5.41) is 3.17. The Labute approximate surface area is 172 Å². The van der Waals surface area contributed by atoms with E-state index in [4.69, 9.17) is 18.6 Å². The van der Waals surface area contributed by atoms with Crippen LogP contribution in [0.3, 0.4) is 0 Å². The molecule has 1 aromatic heterocycles. The third-order valence-corrected chi connectivity index (χ3v) is 4.67. The summed E-state index contributed by atoms with van der Waals surface area (Å²) in [6.45, 7) is 3.28. The number of benzene rings is 2. The molecule has 158 valence electrons. The Bertz CT molecular complexity index is 1090. The molecule has 30 heavy (non-hydrogen) atoms. The SMILES string of the molecule is COc1ccc(CNC(=O)[C@@H](C)OC(=O)c2oc3c(F)cccc3c2C)cc1OC. The van der Waals surface area contributed by atoms with Crippen molar-refractivity contribution in [3.05, 3.63) is 59.1 Å². The molecule has 2 aromatic carbocycles. The highest BCUT2D eigenvalue weighted by Gasteiger charge is 2.25. The van der Waals surface area contributed by atoms with Gasteiger partial charge in [0.2, 0.25) is 5.76 Å². The number of fused-ring (bicyclic) bond motifs is 1. The molecule has 0 saturated carbocycles. The molecular formula is C22H22FNO6. The van der Waals surface area contributed by atoms with Gasteiger partial charge >= 0.3 is 5.97 Å². The Morgan fingerprint density at radius 3 is 2.53 bits per heavy atom. The summed E-state index contributed by atoms with van der Waals surface area (Å²) in [6.07, 6.45) is -1.07. The molecule has 3 aromatic rings. The lowest BCUT2D eigenvalue weighted by molar-refractivity contribution is -0.129. The maximum Gasteiger partial charge on any atom is 0.375 e. The number of amides is 1. The molecule has 8 heteroatoms. The molecule has 0 fully saturated rings. The normalized spacial score (nSPS) is 11.8. The van der Waals surface area contributed by atoms with Crippen LogP contribution in [0, 0.1) is 12.7 Å². The molecule has 1 atom stereocenters. The fourth-order valence-electron chi connectivity index (χ4n) is 2.99. The molecule has 0 bridgehead atoms. The molecule has 0 radical (unpaired) electrons. The molecular weight excluding hydrogens is 393 g/mol. The summed E-state index contributed by atoms with van der Waals surface area (Å²) in [7, 11) is 3.06. The van der Waals surface area contributed by atoms with Crippen molar-refractivity contribution in [1.82, 2.24) is 5.32 Å². The van der Waals surface area contributed by atoms with Crippen LogP contribution in [0.4, 0.5) is 4.39 Å². The van der Waals surface area contributed by atoms with E-state index in [1.165, 1.54) is 33.3 Å². The highest BCUT2D eigenvalue weighted by atomic mass is 19.1. The minimum atomic E-state index is -1.07. The van der Waals surface area contributed by atoms with Crippen molar-refractivity contribution in [2.45, 2.75) is 26.5 Å². The van der Waals surface area contributed by atoms with Crippen molar-refractivity contribution >= 4 is 22.8 Å². The van der Waals surface area contributed by atoms with Gasteiger partial charge in [-0.3, -0.25) is 4.79 Å². The van der Waals surface area contributed by atoms with Gasteiger partial charge in [0.05, 0.1) is 14.2 Å². The number of rotatable bonds is 7. The number of nitrogens with one attached hydrogen (secondary N) is 1. The molecule has 0 spiro atoms. The number of carbonyl (C=O) groups excluding carboxylic acids is 2. The number of furan rings is 1. The van der Waals surface area contributed by atoms with Crippen molar-refractivity contribution in [2.75, 3.05) is 14.2 Å². The number of aryl methyl sites for hydroxylation is 1. The van der Waals surface area contributed by atoms with Gasteiger partial charge in [0, 0.05) is 17.5 Å². The fourth-order valence-corrected chi connectivity index (χ4v) is 2.99. The molecule has 3 rings (SSSR count). The van der Waals surface area contributed by atoms with Crippen LogP contribution >= 0.6 is 0 Å². The van der Waals surface area contributed by atoms with E-state index in [-0.39, 0.29) is 17.9 Å². The van der Waals surface area contributed by atoms with Gasteiger partial charge in [0.1, 0.15) is 0 Å². The van der Waals surface area contributed by atoms with Crippen LogP contribution in [0.15, 0.2) is 40.8 Å². The predicted octanol–water partition coefficient (Wildman–Crippen LogP) is 3.76. The Morgan fingerprint density at radius 1 is 1.13 bits per heavy atom. The number of hydrogen-bond donors (Lipinski definition) is 1. The first-order valence-corrected chi connectivity index (χ1v) is 9.23. The van der Waals surface area contributed by atoms with Crippen LogP contribution < -0.4 is 14.8 Å². The van der Waals surface area contributed by atoms with E-state index < -0.39 is 23.8 Å². The van der Waals surface area contributed by atoms with Gasteiger partial charge in [0.15, 0.2) is 29.0 Å². The van der Waals surface area contributed by atoms with Crippen molar-refractivity contribution in [2.24, 2.45) is 0 Å². The molecule has 1 heterocycles. The van der Waals surface area contributed by atoms with E-state index in [2.05, 4.69) is 5.32 Å². The topological polar surface area (TPSA) is 87.0 Å². The lowest BCUT2D eigenvalue weighted by atomic mass is 10.1. The number of carbonyl (C=O) groups is 2. The minimum Gasteiger partial charge on any atom is -0.493 e. The molecule has 0 aliphatic carbocycles. The summed E-state index contributed by atoms with van der Waals surface area (Å²) in [4.78, 5) is 24.8. The Kier molecular flexibility index (Phi) is 6.25. The smallest absolute Gasteiger partial charge is 0.375 e. The largest absolute Gasteiger partial charge is 0.493 e. The fraction of sp³-hybridized carbons (Fsp3) is 0.273. The number of methoxy groups -OCH3 is 2. The highest BCUT2D eigenvalue weighted by Crippen LogP contribution is 2.28. The van der Waals surface area contributed by atoms with Gasteiger partial charge in [-0.2, -0.15) is 0 Å². The highest BCUT2D eigenvalue weighted by molar-refractivity contribution is 5.97. The molecule has 0 unspecified atom stereocenters. The van der Waals surface area contributed by atoms with E-state index in [1.54, 1.807) is 31.2 Å². The lowest BCUT2D eigenvalue weighted by Gasteiger charge is -2.14. The maximum absolute atomic E-state index is 13.9.